The average molecular weight is 219 g/mol. The lowest BCUT2D eigenvalue weighted by molar-refractivity contribution is 0.379. The predicted octanol–water partition coefficient (Wildman–Crippen LogP) is 2.36. The van der Waals surface area contributed by atoms with Crippen LogP contribution in [-0.4, -0.2) is 23.6 Å². The first-order valence-corrected chi connectivity index (χ1v) is 6.32. The van der Waals surface area contributed by atoms with E-state index >= 15 is 0 Å². The minimum absolute atomic E-state index is 0.601. The lowest BCUT2D eigenvalue weighted by Crippen LogP contribution is -2.24. The van der Waals surface area contributed by atoms with Gasteiger partial charge in [0.15, 0.2) is 0 Å². The van der Waals surface area contributed by atoms with E-state index in [0.29, 0.717) is 5.92 Å². The van der Waals surface area contributed by atoms with Gasteiger partial charge in [-0.3, -0.25) is 9.97 Å². The molecule has 0 radical (unpaired) electrons. The molecule has 1 fully saturated rings. The number of hydrogen-bond acceptors (Lipinski definition) is 3. The molecule has 0 amide bonds. The first-order valence-electron chi connectivity index (χ1n) is 6.32. The molecule has 1 aliphatic carbocycles. The zero-order valence-corrected chi connectivity index (χ0v) is 10.0. The lowest BCUT2D eigenvalue weighted by atomic mass is 9.85. The van der Waals surface area contributed by atoms with Crippen LogP contribution in [0.25, 0.3) is 0 Å². The van der Waals surface area contributed by atoms with Gasteiger partial charge in [-0.05, 0) is 32.4 Å². The van der Waals surface area contributed by atoms with Gasteiger partial charge < -0.3 is 5.32 Å². The standard InChI is InChI=1S/C13H21N3/c1-14-9-11-5-3-2-4-6-12(11)13-10-15-7-8-16-13/h7-8,10-12,14H,2-6,9H2,1H3. The van der Waals surface area contributed by atoms with Crippen LogP contribution >= 0.6 is 0 Å². The van der Waals surface area contributed by atoms with Crippen LogP contribution < -0.4 is 5.32 Å². The molecule has 1 N–H and O–H groups in total. The van der Waals surface area contributed by atoms with Gasteiger partial charge >= 0.3 is 0 Å². The van der Waals surface area contributed by atoms with Crippen molar-refractivity contribution in [3.63, 3.8) is 0 Å². The third kappa shape index (κ3) is 2.79. The Balaban J connectivity index is 2.14. The molecule has 3 heteroatoms. The molecule has 3 nitrogen and oxygen atoms in total. The second-order valence-corrected chi connectivity index (χ2v) is 4.69. The first kappa shape index (κ1) is 11.5. The van der Waals surface area contributed by atoms with Crippen molar-refractivity contribution < 1.29 is 0 Å². The van der Waals surface area contributed by atoms with E-state index < -0.39 is 0 Å². The van der Waals surface area contributed by atoms with Gasteiger partial charge in [-0.1, -0.05) is 19.3 Å². The largest absolute Gasteiger partial charge is 0.319 e. The monoisotopic (exact) mass is 219 g/mol. The van der Waals surface area contributed by atoms with Gasteiger partial charge in [0, 0.05) is 24.5 Å². The summed E-state index contributed by atoms with van der Waals surface area (Å²) in [6, 6.07) is 0. The first-order chi connectivity index (χ1) is 7.92. The van der Waals surface area contributed by atoms with Crippen LogP contribution in [0.15, 0.2) is 18.6 Å². The molecule has 1 aromatic rings. The SMILES string of the molecule is CNCC1CCCCCC1c1cnccn1. The molecule has 2 unspecified atom stereocenters. The molecule has 0 spiro atoms. The predicted molar refractivity (Wildman–Crippen MR) is 65.3 cm³/mol. The lowest BCUT2D eigenvalue weighted by Gasteiger charge is -2.24. The van der Waals surface area contributed by atoms with Crippen molar-refractivity contribution in [3.05, 3.63) is 24.3 Å². The number of rotatable bonds is 3. The maximum atomic E-state index is 4.49. The van der Waals surface area contributed by atoms with Gasteiger partial charge in [0.25, 0.3) is 0 Å². The molecule has 88 valence electrons. The third-order valence-corrected chi connectivity index (χ3v) is 3.59. The molecule has 2 atom stereocenters. The summed E-state index contributed by atoms with van der Waals surface area (Å²) in [6.45, 7) is 1.10. The van der Waals surface area contributed by atoms with Gasteiger partial charge in [-0.15, -0.1) is 0 Å². The Bertz CT molecular complexity index is 299. The summed E-state index contributed by atoms with van der Waals surface area (Å²) in [5.41, 5.74) is 1.18. The maximum absolute atomic E-state index is 4.49. The Morgan fingerprint density at radius 3 is 2.88 bits per heavy atom. The van der Waals surface area contributed by atoms with Crippen molar-refractivity contribution >= 4 is 0 Å². The molecule has 0 aromatic carbocycles. The molecular weight excluding hydrogens is 198 g/mol. The summed E-state index contributed by atoms with van der Waals surface area (Å²) in [5, 5.41) is 3.32. The van der Waals surface area contributed by atoms with Crippen LogP contribution in [0.5, 0.6) is 0 Å². The quantitative estimate of drug-likeness (QED) is 0.793. The number of nitrogens with one attached hydrogen (secondary N) is 1. The van der Waals surface area contributed by atoms with Crippen LogP contribution in [0.2, 0.25) is 0 Å². The fraction of sp³-hybridized carbons (Fsp3) is 0.692. The van der Waals surface area contributed by atoms with E-state index in [-0.39, 0.29) is 0 Å². The molecule has 1 aliphatic rings. The molecule has 16 heavy (non-hydrogen) atoms. The Hall–Kier alpha value is -0.960. The third-order valence-electron chi connectivity index (χ3n) is 3.59. The van der Waals surface area contributed by atoms with Crippen molar-refractivity contribution in [2.45, 2.75) is 38.0 Å². The summed E-state index contributed by atoms with van der Waals surface area (Å²) in [6.07, 6.45) is 12.2. The van der Waals surface area contributed by atoms with Crippen LogP contribution in [0.3, 0.4) is 0 Å². The highest BCUT2D eigenvalue weighted by atomic mass is 14.8. The zero-order valence-electron chi connectivity index (χ0n) is 10.0. The average Bonchev–Trinajstić information content (AvgIpc) is 2.56. The Morgan fingerprint density at radius 1 is 1.25 bits per heavy atom. The molecule has 1 saturated carbocycles. The maximum Gasteiger partial charge on any atom is 0.0620 e. The summed E-state index contributed by atoms with van der Waals surface area (Å²) in [5.74, 6) is 1.33. The fourth-order valence-electron chi connectivity index (χ4n) is 2.78. The molecule has 0 bridgehead atoms. The van der Waals surface area contributed by atoms with E-state index in [1.165, 1.54) is 37.8 Å². The molecule has 1 aromatic heterocycles. The van der Waals surface area contributed by atoms with E-state index in [2.05, 4.69) is 15.3 Å². The summed E-state index contributed by atoms with van der Waals surface area (Å²) < 4.78 is 0. The topological polar surface area (TPSA) is 37.8 Å². The Labute approximate surface area is 97.7 Å². The molecule has 0 aliphatic heterocycles. The Morgan fingerprint density at radius 2 is 2.12 bits per heavy atom. The van der Waals surface area contributed by atoms with Crippen LogP contribution in [0, 0.1) is 5.92 Å². The number of aromatic nitrogens is 2. The van der Waals surface area contributed by atoms with E-state index in [1.807, 2.05) is 19.4 Å². The Kier molecular flexibility index (Phi) is 4.28. The number of hydrogen-bond donors (Lipinski definition) is 1. The van der Waals surface area contributed by atoms with Crippen molar-refractivity contribution in [2.75, 3.05) is 13.6 Å². The molecular formula is C13H21N3. The van der Waals surface area contributed by atoms with Crippen molar-refractivity contribution in [3.8, 4) is 0 Å². The summed E-state index contributed by atoms with van der Waals surface area (Å²) in [7, 11) is 2.04. The second-order valence-electron chi connectivity index (χ2n) is 4.69. The van der Waals surface area contributed by atoms with Crippen molar-refractivity contribution in [2.24, 2.45) is 5.92 Å². The minimum Gasteiger partial charge on any atom is -0.319 e. The smallest absolute Gasteiger partial charge is 0.0620 e. The van der Waals surface area contributed by atoms with Gasteiger partial charge in [-0.25, -0.2) is 0 Å². The van der Waals surface area contributed by atoms with E-state index in [1.54, 1.807) is 6.20 Å². The highest BCUT2D eigenvalue weighted by Gasteiger charge is 2.25. The van der Waals surface area contributed by atoms with E-state index in [4.69, 9.17) is 0 Å². The van der Waals surface area contributed by atoms with E-state index in [9.17, 15) is 0 Å². The van der Waals surface area contributed by atoms with Gasteiger partial charge in [0.1, 0.15) is 0 Å². The highest BCUT2D eigenvalue weighted by molar-refractivity contribution is 5.06. The second kappa shape index (κ2) is 5.94. The fourth-order valence-corrected chi connectivity index (χ4v) is 2.78. The van der Waals surface area contributed by atoms with Crippen LogP contribution in [-0.2, 0) is 0 Å². The zero-order chi connectivity index (χ0) is 11.2. The van der Waals surface area contributed by atoms with Gasteiger partial charge in [0.2, 0.25) is 0 Å². The molecule has 0 saturated heterocycles. The number of nitrogens with zero attached hydrogens (tertiary/aromatic N) is 2. The summed E-state index contributed by atoms with van der Waals surface area (Å²) >= 11 is 0. The van der Waals surface area contributed by atoms with Crippen molar-refractivity contribution in [1.82, 2.24) is 15.3 Å². The normalized spacial score (nSPS) is 26.3. The highest BCUT2D eigenvalue weighted by Crippen LogP contribution is 2.34. The van der Waals surface area contributed by atoms with Crippen LogP contribution in [0.1, 0.15) is 43.7 Å². The summed E-state index contributed by atoms with van der Waals surface area (Å²) in [4.78, 5) is 8.69. The van der Waals surface area contributed by atoms with Gasteiger partial charge in [-0.2, -0.15) is 0 Å². The molecule has 1 heterocycles. The molecule has 2 rings (SSSR count). The van der Waals surface area contributed by atoms with Crippen LogP contribution in [0.4, 0.5) is 0 Å². The minimum atomic E-state index is 0.601. The van der Waals surface area contributed by atoms with E-state index in [0.717, 1.165) is 12.5 Å². The van der Waals surface area contributed by atoms with Gasteiger partial charge in [0.05, 0.1) is 5.69 Å². The van der Waals surface area contributed by atoms with Crippen molar-refractivity contribution in [1.29, 1.82) is 0 Å².